The molecule has 0 aliphatic heterocycles. The van der Waals surface area contributed by atoms with Crippen LogP contribution in [0.25, 0.3) is 49.8 Å². The molecular weight excluding hydrogens is 422 g/mol. The summed E-state index contributed by atoms with van der Waals surface area (Å²) < 4.78 is 9.65. The number of para-hydroxylation sites is 2. The zero-order valence-electron chi connectivity index (χ0n) is 15.5. The number of halogens is 1. The zero-order chi connectivity index (χ0) is 19.4. The maximum atomic E-state index is 6.34. The molecule has 2 nitrogen and oxygen atoms in total. The number of hydrogen-bond acceptors (Lipinski definition) is 1. The van der Waals surface area contributed by atoms with Gasteiger partial charge in [-0.3, -0.25) is 4.57 Å². The van der Waals surface area contributed by atoms with E-state index >= 15 is 0 Å². The van der Waals surface area contributed by atoms with Crippen LogP contribution in [-0.2, 0) is 0 Å². The van der Waals surface area contributed by atoms with Crippen LogP contribution in [0.4, 0.5) is 0 Å². The summed E-state index contributed by atoms with van der Waals surface area (Å²) in [6.45, 7) is 0. The summed E-state index contributed by atoms with van der Waals surface area (Å²) in [5.41, 5.74) is 6.40. The van der Waals surface area contributed by atoms with Gasteiger partial charge in [0.15, 0.2) is 0 Å². The highest BCUT2D eigenvalue weighted by Crippen LogP contribution is 2.39. The fraction of sp³-hybridized carbons (Fsp3) is 0. The second kappa shape index (κ2) is 6.36. The van der Waals surface area contributed by atoms with E-state index in [-0.39, 0.29) is 0 Å². The minimum atomic E-state index is 0.888. The topological polar surface area (TPSA) is 18.1 Å². The van der Waals surface area contributed by atoms with Crippen molar-refractivity contribution in [2.75, 3.05) is 0 Å². The molecule has 0 atom stereocenters. The van der Waals surface area contributed by atoms with Crippen LogP contribution in [-0.4, -0.2) is 4.57 Å². The van der Waals surface area contributed by atoms with Crippen molar-refractivity contribution < 1.29 is 4.42 Å². The lowest BCUT2D eigenvalue weighted by molar-refractivity contribution is 0.645. The van der Waals surface area contributed by atoms with Gasteiger partial charge in [-0.2, -0.15) is 0 Å². The predicted molar refractivity (Wildman–Crippen MR) is 124 cm³/mol. The second-order valence-corrected chi connectivity index (χ2v) is 8.11. The van der Waals surface area contributed by atoms with Crippen molar-refractivity contribution in [2.24, 2.45) is 0 Å². The van der Waals surface area contributed by atoms with Gasteiger partial charge in [-0.15, -0.1) is 0 Å². The van der Waals surface area contributed by atoms with Crippen molar-refractivity contribution in [1.29, 1.82) is 0 Å². The highest BCUT2D eigenvalue weighted by Gasteiger charge is 2.18. The molecule has 6 aromatic rings. The molecule has 4 aromatic carbocycles. The Bertz CT molecular complexity index is 1520. The monoisotopic (exact) mass is 437 g/mol. The molecule has 0 saturated carbocycles. The molecule has 2 heterocycles. The van der Waals surface area contributed by atoms with E-state index in [2.05, 4.69) is 99.4 Å². The van der Waals surface area contributed by atoms with Gasteiger partial charge in [0, 0.05) is 20.9 Å². The van der Waals surface area contributed by atoms with E-state index in [0.29, 0.717) is 0 Å². The molecule has 29 heavy (non-hydrogen) atoms. The Morgan fingerprint density at radius 1 is 0.655 bits per heavy atom. The first-order valence-electron chi connectivity index (χ1n) is 9.57. The Morgan fingerprint density at radius 2 is 1.38 bits per heavy atom. The standard InChI is InChI=1S/C26H16BrNO/c27-19-9-5-7-17(15-19)18-8-6-10-20(16-18)28-23-13-3-1-11-21(23)25-22-12-2-4-14-24(22)29-26(25)28/h1-16H. The van der Waals surface area contributed by atoms with Gasteiger partial charge >= 0.3 is 0 Å². The minimum Gasteiger partial charge on any atom is -0.439 e. The van der Waals surface area contributed by atoms with Gasteiger partial charge in [0.05, 0.1) is 10.9 Å². The first-order chi connectivity index (χ1) is 14.3. The van der Waals surface area contributed by atoms with Crippen LogP contribution in [0.3, 0.4) is 0 Å². The molecule has 2 aromatic heterocycles. The molecule has 3 heteroatoms. The van der Waals surface area contributed by atoms with Gasteiger partial charge in [0.25, 0.3) is 0 Å². The highest BCUT2D eigenvalue weighted by atomic mass is 79.9. The Labute approximate surface area is 176 Å². The number of hydrogen-bond donors (Lipinski definition) is 0. The quantitative estimate of drug-likeness (QED) is 0.268. The van der Waals surface area contributed by atoms with Crippen LogP contribution in [0.5, 0.6) is 0 Å². The number of nitrogens with zero attached hydrogens (tertiary/aromatic N) is 1. The maximum Gasteiger partial charge on any atom is 0.213 e. The van der Waals surface area contributed by atoms with E-state index < -0.39 is 0 Å². The smallest absolute Gasteiger partial charge is 0.213 e. The number of fused-ring (bicyclic) bond motifs is 5. The van der Waals surface area contributed by atoms with Crippen LogP contribution in [0, 0.1) is 0 Å². The van der Waals surface area contributed by atoms with E-state index in [1.54, 1.807) is 0 Å². The molecule has 0 saturated heterocycles. The Balaban J connectivity index is 1.68. The van der Waals surface area contributed by atoms with Gasteiger partial charge in [-0.05, 0) is 47.5 Å². The lowest BCUT2D eigenvalue weighted by atomic mass is 10.1. The fourth-order valence-electron chi connectivity index (χ4n) is 4.19. The Kier molecular flexibility index (Phi) is 3.65. The molecule has 0 bridgehead atoms. The molecule has 0 amide bonds. The van der Waals surface area contributed by atoms with Gasteiger partial charge in [0.1, 0.15) is 5.58 Å². The summed E-state index contributed by atoms with van der Waals surface area (Å²) in [6, 6.07) is 33.8. The lowest BCUT2D eigenvalue weighted by Crippen LogP contribution is -1.93. The number of furan rings is 1. The Morgan fingerprint density at radius 3 is 2.24 bits per heavy atom. The predicted octanol–water partition coefficient (Wildman–Crippen LogP) is 7.96. The number of benzene rings is 4. The molecule has 0 aliphatic carbocycles. The zero-order valence-corrected chi connectivity index (χ0v) is 17.1. The van der Waals surface area contributed by atoms with E-state index in [1.807, 2.05) is 18.2 Å². The largest absolute Gasteiger partial charge is 0.439 e. The van der Waals surface area contributed by atoms with Crippen molar-refractivity contribution >= 4 is 48.9 Å². The van der Waals surface area contributed by atoms with Crippen molar-refractivity contribution in [2.45, 2.75) is 0 Å². The average Bonchev–Trinajstić information content (AvgIpc) is 3.28. The summed E-state index contributed by atoms with van der Waals surface area (Å²) in [4.78, 5) is 0. The maximum absolute atomic E-state index is 6.34. The van der Waals surface area contributed by atoms with E-state index in [4.69, 9.17) is 4.42 Å². The van der Waals surface area contributed by atoms with Crippen LogP contribution >= 0.6 is 15.9 Å². The summed E-state index contributed by atoms with van der Waals surface area (Å²) in [5, 5.41) is 3.53. The van der Waals surface area contributed by atoms with Crippen molar-refractivity contribution in [3.63, 3.8) is 0 Å². The average molecular weight is 438 g/mol. The Hall–Kier alpha value is -3.30. The molecule has 0 fully saturated rings. The SMILES string of the molecule is Brc1cccc(-c2cccc(-n3c4ccccc4c4c5ccccc5oc43)c2)c1. The van der Waals surface area contributed by atoms with Crippen LogP contribution in [0.2, 0.25) is 0 Å². The number of aromatic nitrogens is 1. The van der Waals surface area contributed by atoms with Gasteiger partial charge in [-0.25, -0.2) is 0 Å². The molecular formula is C26H16BrNO. The van der Waals surface area contributed by atoms with Gasteiger partial charge in [-0.1, -0.05) is 76.6 Å². The van der Waals surface area contributed by atoms with Crippen molar-refractivity contribution in [3.05, 3.63) is 102 Å². The molecule has 6 rings (SSSR count). The minimum absolute atomic E-state index is 0.888. The van der Waals surface area contributed by atoms with Gasteiger partial charge < -0.3 is 4.42 Å². The third-order valence-electron chi connectivity index (χ3n) is 5.46. The van der Waals surface area contributed by atoms with Crippen LogP contribution in [0.1, 0.15) is 0 Å². The van der Waals surface area contributed by atoms with Crippen molar-refractivity contribution in [3.8, 4) is 16.8 Å². The molecule has 0 radical (unpaired) electrons. The molecule has 0 unspecified atom stereocenters. The van der Waals surface area contributed by atoms with E-state index in [9.17, 15) is 0 Å². The summed E-state index contributed by atoms with van der Waals surface area (Å²) in [7, 11) is 0. The van der Waals surface area contributed by atoms with Crippen LogP contribution in [0.15, 0.2) is 106 Å². The third-order valence-corrected chi connectivity index (χ3v) is 5.95. The first-order valence-corrected chi connectivity index (χ1v) is 10.4. The molecule has 138 valence electrons. The van der Waals surface area contributed by atoms with E-state index in [0.717, 1.165) is 32.4 Å². The van der Waals surface area contributed by atoms with Gasteiger partial charge in [0.2, 0.25) is 5.71 Å². The van der Waals surface area contributed by atoms with Crippen LogP contribution < -0.4 is 0 Å². The highest BCUT2D eigenvalue weighted by molar-refractivity contribution is 9.10. The summed E-state index contributed by atoms with van der Waals surface area (Å²) in [5.74, 6) is 0. The number of rotatable bonds is 2. The summed E-state index contributed by atoms with van der Waals surface area (Å²) in [6.07, 6.45) is 0. The fourth-order valence-corrected chi connectivity index (χ4v) is 4.59. The molecule has 0 aliphatic rings. The summed E-state index contributed by atoms with van der Waals surface area (Å²) >= 11 is 3.58. The first kappa shape index (κ1) is 16.6. The second-order valence-electron chi connectivity index (χ2n) is 7.19. The van der Waals surface area contributed by atoms with Crippen molar-refractivity contribution in [1.82, 2.24) is 4.57 Å². The van der Waals surface area contributed by atoms with E-state index in [1.165, 1.54) is 21.9 Å². The molecule has 0 spiro atoms. The third kappa shape index (κ3) is 2.55. The normalized spacial score (nSPS) is 11.6. The molecule has 0 N–H and O–H groups in total. The lowest BCUT2D eigenvalue weighted by Gasteiger charge is -2.09.